The van der Waals surface area contributed by atoms with Gasteiger partial charge in [-0.3, -0.25) is 4.68 Å². The molecule has 17 heavy (non-hydrogen) atoms. The fraction of sp³-hybridized carbons (Fsp3) is 0.462. The fourth-order valence-corrected chi connectivity index (χ4v) is 2.77. The van der Waals surface area contributed by atoms with Crippen molar-refractivity contribution >= 4 is 0 Å². The van der Waals surface area contributed by atoms with Crippen LogP contribution in [0.15, 0.2) is 18.5 Å². The molecule has 90 valence electrons. The van der Waals surface area contributed by atoms with Crippen molar-refractivity contribution in [2.45, 2.75) is 25.8 Å². The molecule has 0 aromatic carbocycles. The molecule has 2 N–H and O–H groups in total. The van der Waals surface area contributed by atoms with Crippen LogP contribution in [0.1, 0.15) is 30.1 Å². The van der Waals surface area contributed by atoms with Gasteiger partial charge in [0, 0.05) is 25.0 Å². The number of aryl methyl sites for hydroxylation is 1. The third-order valence-corrected chi connectivity index (χ3v) is 3.58. The number of nitrogens with one attached hydrogen (secondary N) is 2. The van der Waals surface area contributed by atoms with E-state index in [0.717, 1.165) is 6.54 Å². The van der Waals surface area contributed by atoms with Crippen LogP contribution in [-0.2, 0) is 7.05 Å². The number of aromatic nitrogens is 3. The number of rotatable bonds is 2. The molecule has 0 bridgehead atoms. The van der Waals surface area contributed by atoms with Crippen LogP contribution in [0.25, 0.3) is 11.3 Å². The molecule has 3 rings (SSSR count). The number of hydrogen-bond acceptors (Lipinski definition) is 2. The summed E-state index contributed by atoms with van der Waals surface area (Å²) in [6.07, 6.45) is 6.43. The SMILES string of the molecule is Cc1c(C2CCCN2)nn(C)c1-c1cc[nH]c1. The molecule has 1 saturated heterocycles. The maximum Gasteiger partial charge on any atom is 0.0829 e. The van der Waals surface area contributed by atoms with E-state index in [1.165, 1.54) is 35.4 Å². The second kappa shape index (κ2) is 4.04. The molecular weight excluding hydrogens is 212 g/mol. The van der Waals surface area contributed by atoms with Crippen molar-refractivity contribution in [3.63, 3.8) is 0 Å². The Kier molecular flexibility index (Phi) is 2.52. The third kappa shape index (κ3) is 1.69. The van der Waals surface area contributed by atoms with Crippen molar-refractivity contribution in [3.8, 4) is 11.3 Å². The molecule has 2 aromatic rings. The van der Waals surface area contributed by atoms with E-state index >= 15 is 0 Å². The highest BCUT2D eigenvalue weighted by Crippen LogP contribution is 2.31. The van der Waals surface area contributed by atoms with Crippen molar-refractivity contribution < 1.29 is 0 Å². The fourth-order valence-electron chi connectivity index (χ4n) is 2.77. The van der Waals surface area contributed by atoms with Gasteiger partial charge < -0.3 is 10.3 Å². The summed E-state index contributed by atoms with van der Waals surface area (Å²) in [5.41, 5.74) is 4.93. The molecular formula is C13H18N4. The summed E-state index contributed by atoms with van der Waals surface area (Å²) in [5.74, 6) is 0. The third-order valence-electron chi connectivity index (χ3n) is 3.58. The van der Waals surface area contributed by atoms with Gasteiger partial charge in [-0.15, -0.1) is 0 Å². The van der Waals surface area contributed by atoms with E-state index in [4.69, 9.17) is 0 Å². The Labute approximate surface area is 101 Å². The van der Waals surface area contributed by atoms with Gasteiger partial charge in [0.15, 0.2) is 0 Å². The molecule has 1 unspecified atom stereocenters. The zero-order valence-electron chi connectivity index (χ0n) is 10.3. The van der Waals surface area contributed by atoms with Gasteiger partial charge in [-0.05, 0) is 37.9 Å². The molecule has 1 atom stereocenters. The minimum Gasteiger partial charge on any atom is -0.367 e. The molecule has 1 aliphatic heterocycles. The summed E-state index contributed by atoms with van der Waals surface area (Å²) in [7, 11) is 2.02. The van der Waals surface area contributed by atoms with Gasteiger partial charge in [0.05, 0.1) is 17.4 Å². The molecule has 4 nitrogen and oxygen atoms in total. The Morgan fingerprint density at radius 3 is 3.00 bits per heavy atom. The lowest BCUT2D eigenvalue weighted by Gasteiger charge is -2.07. The Morgan fingerprint density at radius 2 is 2.35 bits per heavy atom. The lowest BCUT2D eigenvalue weighted by atomic mass is 10.0. The summed E-state index contributed by atoms with van der Waals surface area (Å²) in [6.45, 7) is 3.28. The van der Waals surface area contributed by atoms with Gasteiger partial charge in [0.25, 0.3) is 0 Å². The first-order valence-corrected chi connectivity index (χ1v) is 6.17. The van der Waals surface area contributed by atoms with Gasteiger partial charge in [-0.2, -0.15) is 5.10 Å². The predicted octanol–water partition coefficient (Wildman–Crippen LogP) is 2.15. The Morgan fingerprint density at radius 1 is 1.47 bits per heavy atom. The van der Waals surface area contributed by atoms with Gasteiger partial charge in [-0.25, -0.2) is 0 Å². The molecule has 0 saturated carbocycles. The van der Waals surface area contributed by atoms with Crippen molar-refractivity contribution in [1.29, 1.82) is 0 Å². The van der Waals surface area contributed by atoms with Crippen LogP contribution < -0.4 is 5.32 Å². The molecule has 4 heteroatoms. The van der Waals surface area contributed by atoms with Gasteiger partial charge in [0.1, 0.15) is 0 Å². The highest BCUT2D eigenvalue weighted by atomic mass is 15.3. The van der Waals surface area contributed by atoms with Gasteiger partial charge >= 0.3 is 0 Å². The Hall–Kier alpha value is -1.55. The molecule has 3 heterocycles. The molecule has 0 spiro atoms. The zero-order chi connectivity index (χ0) is 11.8. The van der Waals surface area contributed by atoms with E-state index in [0.29, 0.717) is 6.04 Å². The molecule has 2 aromatic heterocycles. The minimum absolute atomic E-state index is 0.439. The molecule has 1 aliphatic rings. The zero-order valence-corrected chi connectivity index (χ0v) is 10.3. The number of aromatic amines is 1. The summed E-state index contributed by atoms with van der Waals surface area (Å²) < 4.78 is 1.99. The normalized spacial score (nSPS) is 20.0. The van der Waals surface area contributed by atoms with E-state index in [1.807, 2.05) is 24.1 Å². The van der Waals surface area contributed by atoms with E-state index in [2.05, 4.69) is 28.4 Å². The van der Waals surface area contributed by atoms with Crippen LogP contribution in [0.5, 0.6) is 0 Å². The van der Waals surface area contributed by atoms with Crippen LogP contribution in [0.2, 0.25) is 0 Å². The standard InChI is InChI=1S/C13H18N4/c1-9-12(11-4-3-6-15-11)16-17(2)13(9)10-5-7-14-8-10/h5,7-8,11,14-15H,3-4,6H2,1-2H3. The van der Waals surface area contributed by atoms with Crippen LogP contribution in [0, 0.1) is 6.92 Å². The first kappa shape index (κ1) is 10.6. The predicted molar refractivity (Wildman–Crippen MR) is 67.7 cm³/mol. The second-order valence-electron chi connectivity index (χ2n) is 4.73. The molecule has 1 fully saturated rings. The van der Waals surface area contributed by atoms with E-state index in [1.54, 1.807) is 0 Å². The number of H-pyrrole nitrogens is 1. The maximum absolute atomic E-state index is 4.69. The first-order valence-electron chi connectivity index (χ1n) is 6.17. The van der Waals surface area contributed by atoms with Crippen LogP contribution in [-0.4, -0.2) is 21.3 Å². The molecule has 0 radical (unpaired) electrons. The minimum atomic E-state index is 0.439. The van der Waals surface area contributed by atoms with E-state index in [9.17, 15) is 0 Å². The van der Waals surface area contributed by atoms with Crippen molar-refractivity contribution in [3.05, 3.63) is 29.7 Å². The Balaban J connectivity index is 2.05. The molecule has 0 aliphatic carbocycles. The number of nitrogens with zero attached hydrogens (tertiary/aromatic N) is 2. The van der Waals surface area contributed by atoms with Gasteiger partial charge in [0.2, 0.25) is 0 Å². The smallest absolute Gasteiger partial charge is 0.0829 e. The largest absolute Gasteiger partial charge is 0.367 e. The molecule has 0 amide bonds. The Bertz CT molecular complexity index is 504. The van der Waals surface area contributed by atoms with E-state index < -0.39 is 0 Å². The lowest BCUT2D eigenvalue weighted by molar-refractivity contribution is 0.605. The topological polar surface area (TPSA) is 45.6 Å². The van der Waals surface area contributed by atoms with Crippen molar-refractivity contribution in [1.82, 2.24) is 20.1 Å². The monoisotopic (exact) mass is 230 g/mol. The summed E-state index contributed by atoms with van der Waals surface area (Å²) in [6, 6.07) is 2.53. The quantitative estimate of drug-likeness (QED) is 0.830. The average Bonchev–Trinajstić information content (AvgIpc) is 2.99. The highest BCUT2D eigenvalue weighted by molar-refractivity contribution is 5.63. The second-order valence-corrected chi connectivity index (χ2v) is 4.73. The summed E-state index contributed by atoms with van der Waals surface area (Å²) >= 11 is 0. The van der Waals surface area contributed by atoms with Gasteiger partial charge in [-0.1, -0.05) is 0 Å². The van der Waals surface area contributed by atoms with Crippen LogP contribution in [0.4, 0.5) is 0 Å². The lowest BCUT2D eigenvalue weighted by Crippen LogP contribution is -2.14. The van der Waals surface area contributed by atoms with Crippen LogP contribution in [0.3, 0.4) is 0 Å². The average molecular weight is 230 g/mol. The van der Waals surface area contributed by atoms with E-state index in [-0.39, 0.29) is 0 Å². The number of hydrogen-bond donors (Lipinski definition) is 2. The summed E-state index contributed by atoms with van der Waals surface area (Å²) in [4.78, 5) is 3.10. The summed E-state index contributed by atoms with van der Waals surface area (Å²) in [5, 5.41) is 8.20. The van der Waals surface area contributed by atoms with Crippen molar-refractivity contribution in [2.24, 2.45) is 7.05 Å². The van der Waals surface area contributed by atoms with Crippen LogP contribution >= 0.6 is 0 Å². The van der Waals surface area contributed by atoms with Crippen molar-refractivity contribution in [2.75, 3.05) is 6.54 Å². The highest BCUT2D eigenvalue weighted by Gasteiger charge is 2.24. The first-order chi connectivity index (χ1) is 8.27. The maximum atomic E-state index is 4.69.